The van der Waals surface area contributed by atoms with E-state index >= 15 is 0 Å². The fraction of sp³-hybridized carbons (Fsp3) is 0.105. The van der Waals surface area contributed by atoms with Crippen LogP contribution >= 0.6 is 11.6 Å². The minimum Gasteiger partial charge on any atom is -0.408 e. The van der Waals surface area contributed by atoms with Gasteiger partial charge >= 0.3 is 6.09 Å². The first-order valence-electron chi connectivity index (χ1n) is 7.62. The molecule has 3 rings (SSSR count). The number of anilines is 1. The third kappa shape index (κ3) is 3.83. The van der Waals surface area contributed by atoms with Crippen LogP contribution in [0, 0.1) is 0 Å². The van der Waals surface area contributed by atoms with Crippen LogP contribution in [0.4, 0.5) is 14.9 Å². The van der Waals surface area contributed by atoms with Crippen molar-refractivity contribution in [2.45, 2.75) is 6.67 Å². The minimum atomic E-state index is -0.709. The molecule has 0 spiro atoms. The molecule has 6 heteroatoms. The number of rotatable bonds is 4. The van der Waals surface area contributed by atoms with E-state index in [1.165, 1.54) is 0 Å². The number of nitrogens with one attached hydrogen (secondary N) is 1. The van der Waals surface area contributed by atoms with Gasteiger partial charge in [0.1, 0.15) is 6.67 Å². The number of aryl methyl sites for hydroxylation is 1. The van der Waals surface area contributed by atoms with Gasteiger partial charge in [-0.3, -0.25) is 5.32 Å². The number of hydrogen-bond acceptors (Lipinski definition) is 2. The monoisotopic (exact) mass is 358 g/mol. The molecule has 0 aliphatic rings. The summed E-state index contributed by atoms with van der Waals surface area (Å²) in [5.41, 5.74) is 2.43. The molecule has 0 aliphatic carbocycles. The fourth-order valence-corrected chi connectivity index (χ4v) is 2.79. The smallest absolute Gasteiger partial charge is 0.408 e. The summed E-state index contributed by atoms with van der Waals surface area (Å²) in [7, 11) is 1.73. The Morgan fingerprint density at radius 1 is 1.12 bits per heavy atom. The van der Waals surface area contributed by atoms with E-state index < -0.39 is 12.8 Å². The van der Waals surface area contributed by atoms with E-state index in [9.17, 15) is 9.18 Å². The number of amides is 1. The number of hydrogen-bond donors (Lipinski definition) is 1. The number of carbonyl (C=O) groups excluding carboxylic acids is 1. The van der Waals surface area contributed by atoms with Crippen molar-refractivity contribution in [1.29, 1.82) is 0 Å². The highest BCUT2D eigenvalue weighted by Gasteiger charge is 2.14. The number of carbonyl (C=O) groups is 1. The van der Waals surface area contributed by atoms with Crippen molar-refractivity contribution in [3.05, 3.63) is 71.5 Å². The third-order valence-corrected chi connectivity index (χ3v) is 4.00. The van der Waals surface area contributed by atoms with Crippen LogP contribution in [-0.4, -0.2) is 10.7 Å². The van der Waals surface area contributed by atoms with Crippen LogP contribution in [0.1, 0.15) is 5.56 Å². The molecule has 25 heavy (non-hydrogen) atoms. The molecule has 1 heterocycles. The first-order chi connectivity index (χ1) is 12.1. The van der Waals surface area contributed by atoms with E-state index in [1.807, 2.05) is 30.3 Å². The normalized spacial score (nSPS) is 10.5. The van der Waals surface area contributed by atoms with Gasteiger partial charge in [0.15, 0.2) is 5.75 Å². The summed E-state index contributed by atoms with van der Waals surface area (Å²) in [5, 5.41) is 3.27. The lowest BCUT2D eigenvalue weighted by Crippen LogP contribution is -2.17. The standard InChI is InChI=1S/C19H16ClFN2O2/c1-23-11-13(10-21)18(12-23)25-19(24)22-17-9-5-3-7-15(17)14-6-2-4-8-16(14)20/h2-9,11-12H,10H2,1H3,(H,22,24). The number of ether oxygens (including phenoxy) is 1. The molecule has 1 aromatic heterocycles. The first-order valence-corrected chi connectivity index (χ1v) is 8.00. The van der Waals surface area contributed by atoms with Crippen LogP contribution in [0.15, 0.2) is 60.9 Å². The maximum atomic E-state index is 13.0. The second-order valence-corrected chi connectivity index (χ2v) is 5.89. The van der Waals surface area contributed by atoms with E-state index in [0.717, 1.165) is 11.1 Å². The molecule has 0 bridgehead atoms. The number of alkyl halides is 1. The molecule has 0 aliphatic heterocycles. The summed E-state index contributed by atoms with van der Waals surface area (Å²) in [6, 6.07) is 14.6. The average Bonchev–Trinajstić information content (AvgIpc) is 2.95. The number of aromatic nitrogens is 1. The molecule has 0 unspecified atom stereocenters. The third-order valence-electron chi connectivity index (χ3n) is 3.67. The van der Waals surface area contributed by atoms with Crippen LogP contribution in [-0.2, 0) is 13.7 Å². The van der Waals surface area contributed by atoms with E-state index in [-0.39, 0.29) is 5.75 Å². The van der Waals surface area contributed by atoms with Crippen molar-refractivity contribution in [2.75, 3.05) is 5.32 Å². The van der Waals surface area contributed by atoms with Crippen molar-refractivity contribution in [3.8, 4) is 16.9 Å². The molecule has 0 saturated carbocycles. The number of benzene rings is 2. The van der Waals surface area contributed by atoms with Gasteiger partial charge in [0.05, 0.1) is 5.69 Å². The molecule has 1 N–H and O–H groups in total. The summed E-state index contributed by atoms with van der Waals surface area (Å²) < 4.78 is 19.8. The Hall–Kier alpha value is -2.79. The maximum Gasteiger partial charge on any atom is 0.417 e. The van der Waals surface area contributed by atoms with Gasteiger partial charge in [-0.2, -0.15) is 0 Å². The van der Waals surface area contributed by atoms with Gasteiger partial charge in [0, 0.05) is 41.2 Å². The lowest BCUT2D eigenvalue weighted by molar-refractivity contribution is 0.214. The average molecular weight is 359 g/mol. The number of para-hydroxylation sites is 1. The fourth-order valence-electron chi connectivity index (χ4n) is 2.55. The highest BCUT2D eigenvalue weighted by Crippen LogP contribution is 2.33. The quantitative estimate of drug-likeness (QED) is 0.676. The van der Waals surface area contributed by atoms with E-state index in [0.29, 0.717) is 16.3 Å². The highest BCUT2D eigenvalue weighted by atomic mass is 35.5. The van der Waals surface area contributed by atoms with Crippen LogP contribution in [0.25, 0.3) is 11.1 Å². The molecule has 3 aromatic rings. The molecule has 4 nitrogen and oxygen atoms in total. The van der Waals surface area contributed by atoms with Crippen LogP contribution in [0.2, 0.25) is 5.02 Å². The van der Waals surface area contributed by atoms with Crippen molar-refractivity contribution in [3.63, 3.8) is 0 Å². The highest BCUT2D eigenvalue weighted by molar-refractivity contribution is 6.33. The zero-order valence-corrected chi connectivity index (χ0v) is 14.3. The Morgan fingerprint density at radius 2 is 1.80 bits per heavy atom. The van der Waals surface area contributed by atoms with Crippen LogP contribution in [0.5, 0.6) is 5.75 Å². The van der Waals surface area contributed by atoms with Crippen LogP contribution in [0.3, 0.4) is 0 Å². The van der Waals surface area contributed by atoms with E-state index in [4.69, 9.17) is 16.3 Å². The summed E-state index contributed by atoms with van der Waals surface area (Å²) in [5.74, 6) is 0.192. The lowest BCUT2D eigenvalue weighted by atomic mass is 10.0. The summed E-state index contributed by atoms with van der Waals surface area (Å²) >= 11 is 6.25. The zero-order valence-electron chi connectivity index (χ0n) is 13.5. The van der Waals surface area contributed by atoms with Crippen molar-refractivity contribution < 1.29 is 13.9 Å². The summed E-state index contributed by atoms with van der Waals surface area (Å²) in [6.07, 6.45) is 2.43. The largest absolute Gasteiger partial charge is 0.417 e. The molecule has 0 radical (unpaired) electrons. The van der Waals surface area contributed by atoms with Gasteiger partial charge < -0.3 is 9.30 Å². The number of nitrogens with zero attached hydrogens (tertiary/aromatic N) is 1. The van der Waals surface area contributed by atoms with Gasteiger partial charge in [0.25, 0.3) is 0 Å². The Labute approximate surface area is 149 Å². The Bertz CT molecular complexity index is 908. The molecular weight excluding hydrogens is 343 g/mol. The molecule has 0 saturated heterocycles. The van der Waals surface area contributed by atoms with Crippen molar-refractivity contribution in [1.82, 2.24) is 4.57 Å². The molecule has 2 aromatic carbocycles. The summed E-state index contributed by atoms with van der Waals surface area (Å²) in [4.78, 5) is 12.2. The summed E-state index contributed by atoms with van der Waals surface area (Å²) in [6.45, 7) is -0.709. The first kappa shape index (κ1) is 17.0. The molecule has 1 amide bonds. The Morgan fingerprint density at radius 3 is 2.52 bits per heavy atom. The maximum absolute atomic E-state index is 13.0. The minimum absolute atomic E-state index is 0.192. The van der Waals surface area contributed by atoms with Crippen molar-refractivity contribution in [2.24, 2.45) is 7.05 Å². The van der Waals surface area contributed by atoms with Gasteiger partial charge in [-0.05, 0) is 12.1 Å². The second kappa shape index (κ2) is 7.40. The topological polar surface area (TPSA) is 43.3 Å². The Kier molecular flexibility index (Phi) is 5.05. The van der Waals surface area contributed by atoms with Crippen LogP contribution < -0.4 is 10.1 Å². The van der Waals surface area contributed by atoms with Gasteiger partial charge in [-0.15, -0.1) is 0 Å². The van der Waals surface area contributed by atoms with Gasteiger partial charge in [-0.25, -0.2) is 9.18 Å². The van der Waals surface area contributed by atoms with Gasteiger partial charge in [-0.1, -0.05) is 48.0 Å². The lowest BCUT2D eigenvalue weighted by Gasteiger charge is -2.12. The SMILES string of the molecule is Cn1cc(CF)c(OC(=O)Nc2ccccc2-c2ccccc2Cl)c1. The molecular formula is C19H16ClFN2O2. The zero-order chi connectivity index (χ0) is 17.8. The predicted molar refractivity (Wildman–Crippen MR) is 96.8 cm³/mol. The van der Waals surface area contributed by atoms with Crippen molar-refractivity contribution >= 4 is 23.4 Å². The molecule has 0 atom stereocenters. The van der Waals surface area contributed by atoms with Gasteiger partial charge in [0.2, 0.25) is 0 Å². The molecule has 0 fully saturated rings. The molecule has 128 valence electrons. The Balaban J connectivity index is 1.84. The van der Waals surface area contributed by atoms with E-state index in [1.54, 1.807) is 42.2 Å². The van der Waals surface area contributed by atoms with E-state index in [2.05, 4.69) is 5.32 Å². The number of halogens is 2. The predicted octanol–water partition coefficient (Wildman–Crippen LogP) is 5.43. The second-order valence-electron chi connectivity index (χ2n) is 5.49.